The highest BCUT2D eigenvalue weighted by atomic mass is 32.3. The van der Waals surface area contributed by atoms with Crippen LogP contribution in [0.1, 0.15) is 18.8 Å². The van der Waals surface area contributed by atoms with Crippen LogP contribution in [0.3, 0.4) is 0 Å². The minimum Gasteiger partial charge on any atom is -0.397 e. The Morgan fingerprint density at radius 3 is 2.75 bits per heavy atom. The second-order valence-corrected chi connectivity index (χ2v) is 8.79. The number of nitrogens with zero attached hydrogens (tertiary/aromatic N) is 3. The summed E-state index contributed by atoms with van der Waals surface area (Å²) in [6.07, 6.45) is -2.90. The average molecular weight is 440 g/mol. The van der Waals surface area contributed by atoms with Crippen LogP contribution in [0, 0.1) is 0 Å². The second kappa shape index (κ2) is 8.39. The molecule has 2 rings (SSSR count). The molecule has 1 unspecified atom stereocenters. The van der Waals surface area contributed by atoms with Crippen LogP contribution >= 0.6 is 7.60 Å². The largest absolute Gasteiger partial charge is 0.397 e. The zero-order chi connectivity index (χ0) is 21.3. The van der Waals surface area contributed by atoms with Gasteiger partial charge in [-0.05, 0) is 6.92 Å². The molecule has 0 saturated carbocycles. The van der Waals surface area contributed by atoms with Gasteiger partial charge in [0.1, 0.15) is 24.0 Å². The van der Waals surface area contributed by atoms with Gasteiger partial charge >= 0.3 is 18.0 Å². The first-order chi connectivity index (χ1) is 12.8. The molecule has 15 heteroatoms. The second-order valence-electron chi connectivity index (χ2n) is 5.88. The van der Waals surface area contributed by atoms with Crippen molar-refractivity contribution in [2.24, 2.45) is 10.7 Å². The van der Waals surface area contributed by atoms with E-state index >= 15 is 0 Å². The summed E-state index contributed by atoms with van der Waals surface area (Å²) in [6.45, 7) is 5.30. The molecule has 1 aromatic rings. The van der Waals surface area contributed by atoms with E-state index in [-0.39, 0.29) is 17.2 Å². The summed E-state index contributed by atoms with van der Waals surface area (Å²) in [6, 6.07) is 0. The lowest BCUT2D eigenvalue weighted by atomic mass is 10.1. The molecular formula is C13H21N4O9PS. The summed E-state index contributed by atoms with van der Waals surface area (Å²) in [5.41, 5.74) is 5.98. The van der Waals surface area contributed by atoms with Crippen LogP contribution in [0.5, 0.6) is 0 Å². The number of ether oxygens (including phenoxy) is 1. The van der Waals surface area contributed by atoms with Gasteiger partial charge in [-0.1, -0.05) is 6.58 Å². The molecular weight excluding hydrogens is 419 g/mol. The van der Waals surface area contributed by atoms with Crippen molar-refractivity contribution in [2.75, 3.05) is 13.3 Å². The number of hydrogen-bond donors (Lipinski definition) is 4. The Balaban J connectivity index is 2.40. The SMILES string of the molecule is C=C(N)c1ncn([C@@H]2O[C@H](COS(=O)(=O)O)[C@@H](OP(C)(=O)O)[C@H]2O)c1/N=C\C. The van der Waals surface area contributed by atoms with Crippen molar-refractivity contribution >= 4 is 35.7 Å². The van der Waals surface area contributed by atoms with E-state index in [0.717, 1.165) is 6.66 Å². The van der Waals surface area contributed by atoms with Crippen molar-refractivity contribution in [3.05, 3.63) is 18.6 Å². The molecule has 28 heavy (non-hydrogen) atoms. The molecule has 13 nitrogen and oxygen atoms in total. The van der Waals surface area contributed by atoms with E-state index in [4.69, 9.17) is 19.5 Å². The summed E-state index contributed by atoms with van der Waals surface area (Å²) in [4.78, 5) is 17.7. The van der Waals surface area contributed by atoms with Crippen molar-refractivity contribution in [1.82, 2.24) is 9.55 Å². The molecule has 1 fully saturated rings. The van der Waals surface area contributed by atoms with Gasteiger partial charge in [-0.25, -0.2) is 14.2 Å². The lowest BCUT2D eigenvalue weighted by Gasteiger charge is -2.21. The van der Waals surface area contributed by atoms with Crippen LogP contribution in [0.25, 0.3) is 5.70 Å². The van der Waals surface area contributed by atoms with Gasteiger partial charge in [0.25, 0.3) is 0 Å². The Morgan fingerprint density at radius 2 is 2.25 bits per heavy atom. The Labute approximate surface area is 160 Å². The normalized spacial score (nSPS) is 27.9. The molecule has 5 atom stereocenters. The number of nitrogens with two attached hydrogens (primary N) is 1. The minimum absolute atomic E-state index is 0.0966. The topological polar surface area (TPSA) is 196 Å². The standard InChI is InChI=1S/C13H21N4O9PS/c1-4-15-12-9(7(2)14)16-6-17(12)13-10(18)11(26-27(3,19)20)8(25-13)5-24-28(21,22)23/h4,6,8,10-11,13,18H,2,5,14H2,1,3H3,(H,19,20)(H,21,22,23)/b15-4-/t8-,10-,11-,13-/m1/s1. The first-order valence-corrected chi connectivity index (χ1v) is 11.2. The summed E-state index contributed by atoms with van der Waals surface area (Å²) in [7, 11) is -8.92. The number of imidazole rings is 1. The number of rotatable bonds is 8. The van der Waals surface area contributed by atoms with Gasteiger partial charge in [0.15, 0.2) is 12.0 Å². The zero-order valence-electron chi connectivity index (χ0n) is 14.9. The number of aliphatic hydroxyl groups excluding tert-OH is 1. The number of aliphatic imine (C=N–C) groups is 1. The third-order valence-electron chi connectivity index (χ3n) is 3.61. The van der Waals surface area contributed by atoms with Crippen molar-refractivity contribution in [3.8, 4) is 0 Å². The summed E-state index contributed by atoms with van der Waals surface area (Å²) >= 11 is 0. The quantitative estimate of drug-likeness (QED) is 0.238. The van der Waals surface area contributed by atoms with E-state index < -0.39 is 49.1 Å². The van der Waals surface area contributed by atoms with Crippen LogP contribution in [0.4, 0.5) is 5.82 Å². The predicted octanol–water partition coefficient (Wildman–Crippen LogP) is -0.187. The van der Waals surface area contributed by atoms with E-state index in [1.54, 1.807) is 6.92 Å². The Hall–Kier alpha value is -1.64. The highest BCUT2D eigenvalue weighted by molar-refractivity contribution is 7.80. The van der Waals surface area contributed by atoms with Crippen LogP contribution < -0.4 is 5.73 Å². The Morgan fingerprint density at radius 1 is 1.61 bits per heavy atom. The summed E-state index contributed by atoms with van der Waals surface area (Å²) in [5.74, 6) is 0.179. The van der Waals surface area contributed by atoms with E-state index in [2.05, 4.69) is 20.7 Å². The summed E-state index contributed by atoms with van der Waals surface area (Å²) in [5, 5.41) is 10.6. The molecule has 0 spiro atoms. The first-order valence-electron chi connectivity index (χ1n) is 7.78. The van der Waals surface area contributed by atoms with Crippen LogP contribution in [-0.4, -0.2) is 70.3 Å². The predicted molar refractivity (Wildman–Crippen MR) is 97.3 cm³/mol. The third kappa shape index (κ3) is 5.46. The van der Waals surface area contributed by atoms with Gasteiger partial charge in [0, 0.05) is 12.9 Å². The lowest BCUT2D eigenvalue weighted by molar-refractivity contribution is -0.0483. The van der Waals surface area contributed by atoms with Crippen molar-refractivity contribution in [1.29, 1.82) is 0 Å². The monoisotopic (exact) mass is 440 g/mol. The van der Waals surface area contributed by atoms with E-state index in [1.807, 2.05) is 0 Å². The Kier molecular flexibility index (Phi) is 6.78. The number of aromatic nitrogens is 2. The van der Waals surface area contributed by atoms with Gasteiger partial charge in [-0.2, -0.15) is 8.42 Å². The number of aliphatic hydroxyl groups is 1. The highest BCUT2D eigenvalue weighted by Crippen LogP contribution is 2.45. The number of hydrogen-bond acceptors (Lipinski definition) is 10. The van der Waals surface area contributed by atoms with Gasteiger partial charge < -0.3 is 20.5 Å². The zero-order valence-corrected chi connectivity index (χ0v) is 16.7. The molecule has 0 aliphatic carbocycles. The summed E-state index contributed by atoms with van der Waals surface area (Å²) < 4.78 is 58.2. The molecule has 0 aromatic carbocycles. The molecule has 0 bridgehead atoms. The van der Waals surface area contributed by atoms with Gasteiger partial charge in [0.05, 0.1) is 18.6 Å². The van der Waals surface area contributed by atoms with Crippen molar-refractivity contribution < 1.29 is 41.0 Å². The molecule has 1 aliphatic rings. The highest BCUT2D eigenvalue weighted by Gasteiger charge is 2.48. The molecule has 1 saturated heterocycles. The molecule has 0 amide bonds. The molecule has 5 N–H and O–H groups in total. The van der Waals surface area contributed by atoms with Crippen LogP contribution in [0.2, 0.25) is 0 Å². The van der Waals surface area contributed by atoms with E-state index in [1.165, 1.54) is 17.1 Å². The van der Waals surface area contributed by atoms with Crippen LogP contribution in [-0.2, 0) is 28.4 Å². The molecule has 1 aliphatic heterocycles. The minimum atomic E-state index is -4.82. The van der Waals surface area contributed by atoms with E-state index in [0.29, 0.717) is 0 Å². The fraction of sp³-hybridized carbons (Fsp3) is 0.538. The fourth-order valence-corrected chi connectivity index (χ4v) is 3.63. The van der Waals surface area contributed by atoms with E-state index in [9.17, 15) is 23.0 Å². The van der Waals surface area contributed by atoms with Crippen molar-refractivity contribution in [3.63, 3.8) is 0 Å². The maximum absolute atomic E-state index is 11.7. The first kappa shape index (κ1) is 22.6. The average Bonchev–Trinajstić information content (AvgIpc) is 3.07. The van der Waals surface area contributed by atoms with Gasteiger partial charge in [-0.15, -0.1) is 0 Å². The van der Waals surface area contributed by atoms with Gasteiger partial charge in [0.2, 0.25) is 0 Å². The molecule has 2 heterocycles. The lowest BCUT2D eigenvalue weighted by Crippen LogP contribution is -2.36. The van der Waals surface area contributed by atoms with Crippen molar-refractivity contribution in [2.45, 2.75) is 31.5 Å². The molecule has 1 aromatic heterocycles. The van der Waals surface area contributed by atoms with Crippen LogP contribution in [0.15, 0.2) is 17.9 Å². The molecule has 0 radical (unpaired) electrons. The maximum atomic E-state index is 11.7. The van der Waals surface area contributed by atoms with Gasteiger partial charge in [-0.3, -0.25) is 18.2 Å². The third-order valence-corrected chi connectivity index (χ3v) is 4.67. The maximum Gasteiger partial charge on any atom is 0.397 e. The Bertz CT molecular complexity index is 909. The smallest absolute Gasteiger partial charge is 0.397 e. The fourth-order valence-electron chi connectivity index (χ4n) is 2.61. The molecule has 158 valence electrons.